The highest BCUT2D eigenvalue weighted by Crippen LogP contribution is 2.60. The van der Waals surface area contributed by atoms with E-state index in [4.69, 9.17) is 14.2 Å². The summed E-state index contributed by atoms with van der Waals surface area (Å²) in [6.45, 7) is 4.03. The minimum atomic E-state index is -0.737. The third-order valence-electron chi connectivity index (χ3n) is 4.29. The van der Waals surface area contributed by atoms with Crippen LogP contribution in [-0.4, -0.2) is 37.5 Å². The van der Waals surface area contributed by atoms with Crippen LogP contribution < -0.4 is 0 Å². The molecule has 3 unspecified atom stereocenters. The fourth-order valence-corrected chi connectivity index (χ4v) is 3.36. The van der Waals surface area contributed by atoms with Crippen molar-refractivity contribution in [1.82, 2.24) is 0 Å². The van der Waals surface area contributed by atoms with Gasteiger partial charge in [-0.05, 0) is 25.2 Å². The van der Waals surface area contributed by atoms with Gasteiger partial charge in [0.05, 0.1) is 13.2 Å². The van der Waals surface area contributed by atoms with Crippen molar-refractivity contribution < 1.29 is 19.0 Å². The first kappa shape index (κ1) is 12.8. The average Bonchev–Trinajstić information content (AvgIpc) is 2.97. The van der Waals surface area contributed by atoms with E-state index in [0.717, 1.165) is 25.7 Å². The molecule has 0 aromatic heterocycles. The SMILES string of the molecule is COC(=O)C1(C(C)C)OC12CCCC(OC)C2. The van der Waals surface area contributed by atoms with Gasteiger partial charge in [0.15, 0.2) is 5.60 Å². The van der Waals surface area contributed by atoms with E-state index in [1.54, 1.807) is 7.11 Å². The van der Waals surface area contributed by atoms with Crippen molar-refractivity contribution in [2.45, 2.75) is 56.8 Å². The molecule has 1 saturated carbocycles. The molecule has 1 aliphatic carbocycles. The van der Waals surface area contributed by atoms with Crippen LogP contribution in [0.25, 0.3) is 0 Å². The zero-order chi connectivity index (χ0) is 12.7. The molecule has 0 bridgehead atoms. The Morgan fingerprint density at radius 1 is 1.41 bits per heavy atom. The van der Waals surface area contributed by atoms with Crippen LogP contribution in [0.4, 0.5) is 0 Å². The zero-order valence-electron chi connectivity index (χ0n) is 11.1. The smallest absolute Gasteiger partial charge is 0.341 e. The highest BCUT2D eigenvalue weighted by molar-refractivity contribution is 5.85. The predicted molar refractivity (Wildman–Crippen MR) is 62.7 cm³/mol. The first-order chi connectivity index (χ1) is 8.02. The second-order valence-electron chi connectivity index (χ2n) is 5.43. The van der Waals surface area contributed by atoms with E-state index in [9.17, 15) is 4.79 Å². The molecular formula is C13H22O4. The van der Waals surface area contributed by atoms with Crippen LogP contribution in [0.5, 0.6) is 0 Å². The summed E-state index contributed by atoms with van der Waals surface area (Å²) in [5.41, 5.74) is -1.08. The number of carbonyl (C=O) groups is 1. The number of hydrogen-bond acceptors (Lipinski definition) is 4. The lowest BCUT2D eigenvalue weighted by Crippen LogP contribution is -2.43. The van der Waals surface area contributed by atoms with E-state index in [1.165, 1.54) is 7.11 Å². The van der Waals surface area contributed by atoms with Crippen LogP contribution in [0.3, 0.4) is 0 Å². The Morgan fingerprint density at radius 3 is 2.65 bits per heavy atom. The first-order valence-electron chi connectivity index (χ1n) is 6.34. The fraction of sp³-hybridized carbons (Fsp3) is 0.923. The van der Waals surface area contributed by atoms with Crippen LogP contribution in [0.2, 0.25) is 0 Å². The lowest BCUT2D eigenvalue weighted by Gasteiger charge is -2.29. The van der Waals surface area contributed by atoms with Crippen molar-refractivity contribution in [2.75, 3.05) is 14.2 Å². The first-order valence-corrected chi connectivity index (χ1v) is 6.34. The molecule has 0 aromatic carbocycles. The molecule has 98 valence electrons. The normalized spacial score (nSPS) is 40.6. The van der Waals surface area contributed by atoms with Gasteiger partial charge in [0.2, 0.25) is 0 Å². The van der Waals surface area contributed by atoms with Crippen molar-refractivity contribution in [2.24, 2.45) is 5.92 Å². The molecule has 1 aliphatic heterocycles. The molecular weight excluding hydrogens is 220 g/mol. The third-order valence-corrected chi connectivity index (χ3v) is 4.29. The molecule has 1 saturated heterocycles. The molecule has 0 amide bonds. The summed E-state index contributed by atoms with van der Waals surface area (Å²) < 4.78 is 16.3. The van der Waals surface area contributed by atoms with Gasteiger partial charge in [-0.1, -0.05) is 13.8 Å². The molecule has 2 rings (SSSR count). The van der Waals surface area contributed by atoms with Crippen molar-refractivity contribution >= 4 is 5.97 Å². The van der Waals surface area contributed by atoms with Crippen LogP contribution >= 0.6 is 0 Å². The Kier molecular flexibility index (Phi) is 3.21. The Bertz CT molecular complexity index is 315. The number of methoxy groups -OCH3 is 2. The van der Waals surface area contributed by atoms with Gasteiger partial charge in [-0.3, -0.25) is 0 Å². The minimum Gasteiger partial charge on any atom is -0.467 e. The molecule has 4 nitrogen and oxygen atoms in total. The number of ether oxygens (including phenoxy) is 3. The third kappa shape index (κ3) is 1.69. The highest BCUT2D eigenvalue weighted by atomic mass is 16.7. The minimum absolute atomic E-state index is 0.130. The molecule has 2 aliphatic rings. The molecule has 1 spiro atoms. The molecule has 0 aromatic rings. The summed E-state index contributed by atoms with van der Waals surface area (Å²) in [4.78, 5) is 12.0. The molecule has 4 heteroatoms. The van der Waals surface area contributed by atoms with Gasteiger partial charge in [-0.25, -0.2) is 4.79 Å². The van der Waals surface area contributed by atoms with E-state index in [2.05, 4.69) is 0 Å². The second kappa shape index (κ2) is 4.25. The van der Waals surface area contributed by atoms with Gasteiger partial charge < -0.3 is 14.2 Å². The van der Waals surface area contributed by atoms with Gasteiger partial charge >= 0.3 is 5.97 Å². The maximum atomic E-state index is 12.0. The zero-order valence-corrected chi connectivity index (χ0v) is 11.1. The Hall–Kier alpha value is -0.610. The molecule has 0 N–H and O–H groups in total. The standard InChI is InChI=1S/C13H22O4/c1-9(2)13(11(14)16-4)12(17-13)7-5-6-10(8-12)15-3/h9-10H,5-8H2,1-4H3. The van der Waals surface area contributed by atoms with Crippen LogP contribution in [-0.2, 0) is 19.0 Å². The average molecular weight is 242 g/mol. The maximum Gasteiger partial charge on any atom is 0.341 e. The van der Waals surface area contributed by atoms with Gasteiger partial charge in [-0.2, -0.15) is 0 Å². The lowest BCUT2D eigenvalue weighted by atomic mass is 9.74. The Labute approximate surface area is 103 Å². The van der Waals surface area contributed by atoms with E-state index < -0.39 is 5.60 Å². The van der Waals surface area contributed by atoms with Crippen LogP contribution in [0, 0.1) is 5.92 Å². The summed E-state index contributed by atoms with van der Waals surface area (Å²) in [5, 5.41) is 0. The lowest BCUT2D eigenvalue weighted by molar-refractivity contribution is -0.148. The number of carbonyl (C=O) groups excluding carboxylic acids is 1. The number of rotatable bonds is 3. The van der Waals surface area contributed by atoms with E-state index in [-0.39, 0.29) is 23.6 Å². The predicted octanol–water partition coefficient (Wildman–Crippen LogP) is 1.91. The quantitative estimate of drug-likeness (QED) is 0.560. The number of hydrogen-bond donors (Lipinski definition) is 0. The van der Waals surface area contributed by atoms with E-state index in [1.807, 2.05) is 13.8 Å². The second-order valence-corrected chi connectivity index (χ2v) is 5.43. The number of epoxide rings is 1. The highest BCUT2D eigenvalue weighted by Gasteiger charge is 2.77. The van der Waals surface area contributed by atoms with Gasteiger partial charge in [0.1, 0.15) is 5.60 Å². The molecule has 0 radical (unpaired) electrons. The largest absolute Gasteiger partial charge is 0.467 e. The summed E-state index contributed by atoms with van der Waals surface area (Å²) in [6.07, 6.45) is 4.03. The van der Waals surface area contributed by atoms with Gasteiger partial charge in [-0.15, -0.1) is 0 Å². The van der Waals surface area contributed by atoms with Crippen molar-refractivity contribution in [1.29, 1.82) is 0 Å². The maximum absolute atomic E-state index is 12.0. The molecule has 17 heavy (non-hydrogen) atoms. The van der Waals surface area contributed by atoms with Gasteiger partial charge in [0, 0.05) is 13.5 Å². The van der Waals surface area contributed by atoms with Gasteiger partial charge in [0.25, 0.3) is 0 Å². The molecule has 3 atom stereocenters. The monoisotopic (exact) mass is 242 g/mol. The molecule has 2 fully saturated rings. The summed E-state index contributed by atoms with van der Waals surface area (Å²) >= 11 is 0. The molecule has 1 heterocycles. The fourth-order valence-electron chi connectivity index (χ4n) is 3.36. The number of esters is 1. The Morgan fingerprint density at radius 2 is 2.12 bits per heavy atom. The summed E-state index contributed by atoms with van der Waals surface area (Å²) in [7, 11) is 3.15. The van der Waals surface area contributed by atoms with Crippen molar-refractivity contribution in [3.05, 3.63) is 0 Å². The van der Waals surface area contributed by atoms with Crippen LogP contribution in [0.15, 0.2) is 0 Å². The van der Waals surface area contributed by atoms with E-state index >= 15 is 0 Å². The summed E-state index contributed by atoms with van der Waals surface area (Å²) in [5.74, 6) is -0.102. The van der Waals surface area contributed by atoms with Crippen molar-refractivity contribution in [3.8, 4) is 0 Å². The summed E-state index contributed by atoms with van der Waals surface area (Å²) in [6, 6.07) is 0. The van der Waals surface area contributed by atoms with Crippen molar-refractivity contribution in [3.63, 3.8) is 0 Å². The topological polar surface area (TPSA) is 48.1 Å². The van der Waals surface area contributed by atoms with Crippen LogP contribution in [0.1, 0.15) is 39.5 Å². The Balaban J connectivity index is 2.20. The van der Waals surface area contributed by atoms with E-state index in [0.29, 0.717) is 0 Å².